The van der Waals surface area contributed by atoms with Crippen molar-refractivity contribution in [3.05, 3.63) is 78.1 Å². The summed E-state index contributed by atoms with van der Waals surface area (Å²) in [5, 5.41) is 5.54. The van der Waals surface area contributed by atoms with Crippen LogP contribution in [0.2, 0.25) is 0 Å². The number of amides is 2. The minimum Gasteiger partial charge on any atom is -0.496 e. The third-order valence-corrected chi connectivity index (χ3v) is 4.32. The van der Waals surface area contributed by atoms with Crippen LogP contribution < -0.4 is 24.8 Å². The molecule has 0 saturated carbocycles. The first-order chi connectivity index (χ1) is 15.1. The number of methoxy groups -OCH3 is 2. The van der Waals surface area contributed by atoms with E-state index in [-0.39, 0.29) is 12.5 Å². The van der Waals surface area contributed by atoms with Gasteiger partial charge in [-0.3, -0.25) is 14.6 Å². The van der Waals surface area contributed by atoms with Gasteiger partial charge in [-0.15, -0.1) is 0 Å². The number of benzene rings is 2. The Kier molecular flexibility index (Phi) is 7.42. The molecule has 3 rings (SSSR count). The number of carbonyl (C=O) groups is 2. The topological polar surface area (TPSA) is 98.8 Å². The van der Waals surface area contributed by atoms with Gasteiger partial charge in [0.05, 0.1) is 25.5 Å². The number of para-hydroxylation sites is 1. The Labute approximate surface area is 180 Å². The summed E-state index contributed by atoms with van der Waals surface area (Å²) in [6, 6.07) is 15.4. The summed E-state index contributed by atoms with van der Waals surface area (Å²) in [4.78, 5) is 29.0. The Balaban J connectivity index is 1.61. The number of nitrogens with zero attached hydrogens (tertiary/aromatic N) is 1. The summed E-state index contributed by atoms with van der Waals surface area (Å²) in [6.45, 7) is 0.0810. The van der Waals surface area contributed by atoms with Crippen molar-refractivity contribution in [1.82, 2.24) is 10.3 Å². The average molecular weight is 421 g/mol. The number of ether oxygens (including phenoxy) is 3. The number of hydrogen-bond acceptors (Lipinski definition) is 6. The second-order valence-electron chi connectivity index (χ2n) is 6.47. The molecule has 0 radical (unpaired) electrons. The molecule has 8 heteroatoms. The highest BCUT2D eigenvalue weighted by Crippen LogP contribution is 2.27. The van der Waals surface area contributed by atoms with Crippen LogP contribution in [0.5, 0.6) is 17.2 Å². The number of carbonyl (C=O) groups excluding carboxylic acids is 2. The van der Waals surface area contributed by atoms with Gasteiger partial charge in [0.25, 0.3) is 11.8 Å². The smallest absolute Gasteiger partial charge is 0.262 e. The van der Waals surface area contributed by atoms with Gasteiger partial charge in [-0.1, -0.05) is 18.2 Å². The Morgan fingerprint density at radius 3 is 2.32 bits per heavy atom. The molecule has 2 aromatic carbocycles. The van der Waals surface area contributed by atoms with E-state index in [1.54, 1.807) is 60.9 Å². The molecule has 1 aromatic heterocycles. The predicted molar refractivity (Wildman–Crippen MR) is 116 cm³/mol. The number of hydrogen-bond donors (Lipinski definition) is 2. The molecule has 0 fully saturated rings. The summed E-state index contributed by atoms with van der Waals surface area (Å²) < 4.78 is 15.9. The average Bonchev–Trinajstić information content (AvgIpc) is 2.82. The van der Waals surface area contributed by atoms with E-state index in [0.717, 1.165) is 5.56 Å². The zero-order chi connectivity index (χ0) is 22.1. The van der Waals surface area contributed by atoms with Gasteiger partial charge in [-0.25, -0.2) is 0 Å². The molecular weight excluding hydrogens is 398 g/mol. The van der Waals surface area contributed by atoms with Crippen LogP contribution in [0.15, 0.2) is 67.0 Å². The number of aromatic nitrogens is 1. The van der Waals surface area contributed by atoms with Crippen LogP contribution in [-0.4, -0.2) is 37.6 Å². The number of anilines is 1. The first-order valence-electron chi connectivity index (χ1n) is 9.51. The lowest BCUT2D eigenvalue weighted by molar-refractivity contribution is -0.118. The van der Waals surface area contributed by atoms with Crippen LogP contribution in [0.3, 0.4) is 0 Å². The lowest BCUT2D eigenvalue weighted by Gasteiger charge is -2.13. The third-order valence-electron chi connectivity index (χ3n) is 4.32. The van der Waals surface area contributed by atoms with E-state index in [1.807, 2.05) is 6.07 Å². The molecule has 2 amide bonds. The van der Waals surface area contributed by atoms with Crippen LogP contribution in [-0.2, 0) is 11.3 Å². The Bertz CT molecular complexity index is 1020. The van der Waals surface area contributed by atoms with Gasteiger partial charge in [-0.05, 0) is 23.8 Å². The zero-order valence-corrected chi connectivity index (χ0v) is 17.3. The monoisotopic (exact) mass is 421 g/mol. The van der Waals surface area contributed by atoms with Crippen LogP contribution in [0, 0.1) is 0 Å². The molecule has 0 aliphatic heterocycles. The van der Waals surface area contributed by atoms with Crippen molar-refractivity contribution in [1.29, 1.82) is 0 Å². The quantitative estimate of drug-likeness (QED) is 0.551. The SMILES string of the molecule is COc1cc(OC)cc(OCC(=O)Nc2ccccc2C(=O)NCc2cccnc2)c1. The van der Waals surface area contributed by atoms with Gasteiger partial charge >= 0.3 is 0 Å². The molecule has 0 aliphatic rings. The van der Waals surface area contributed by atoms with Crippen molar-refractivity contribution in [2.45, 2.75) is 6.54 Å². The summed E-state index contributed by atoms with van der Waals surface area (Å²) in [6.07, 6.45) is 3.35. The molecule has 3 aromatic rings. The van der Waals surface area contributed by atoms with Gasteiger partial charge < -0.3 is 24.8 Å². The van der Waals surface area contributed by atoms with E-state index >= 15 is 0 Å². The summed E-state index contributed by atoms with van der Waals surface area (Å²) in [7, 11) is 3.06. The maximum atomic E-state index is 12.6. The minimum atomic E-state index is -0.408. The number of pyridine rings is 1. The van der Waals surface area contributed by atoms with Gasteiger partial charge in [0, 0.05) is 37.1 Å². The second kappa shape index (κ2) is 10.6. The molecule has 0 unspecified atom stereocenters. The van der Waals surface area contributed by atoms with Gasteiger partial charge in [-0.2, -0.15) is 0 Å². The fraction of sp³-hybridized carbons (Fsp3) is 0.174. The molecule has 0 saturated heterocycles. The molecule has 31 heavy (non-hydrogen) atoms. The van der Waals surface area contributed by atoms with E-state index in [1.165, 1.54) is 14.2 Å². The Morgan fingerprint density at radius 2 is 1.65 bits per heavy atom. The summed E-state index contributed by atoms with van der Waals surface area (Å²) in [5.74, 6) is 0.803. The lowest BCUT2D eigenvalue weighted by atomic mass is 10.1. The van der Waals surface area contributed by atoms with Crippen LogP contribution in [0.4, 0.5) is 5.69 Å². The molecule has 0 atom stereocenters. The minimum absolute atomic E-state index is 0.248. The van der Waals surface area contributed by atoms with E-state index in [9.17, 15) is 9.59 Å². The van der Waals surface area contributed by atoms with Crippen molar-refractivity contribution in [2.75, 3.05) is 26.1 Å². The van der Waals surface area contributed by atoms with Crippen LogP contribution in [0.1, 0.15) is 15.9 Å². The van der Waals surface area contributed by atoms with E-state index in [0.29, 0.717) is 35.0 Å². The third kappa shape index (κ3) is 6.20. The van der Waals surface area contributed by atoms with Crippen LogP contribution >= 0.6 is 0 Å². The van der Waals surface area contributed by atoms with Crippen molar-refractivity contribution in [3.8, 4) is 17.2 Å². The molecule has 0 aliphatic carbocycles. The molecular formula is C23H23N3O5. The molecule has 2 N–H and O–H groups in total. The Morgan fingerprint density at radius 1 is 0.935 bits per heavy atom. The molecule has 1 heterocycles. The van der Waals surface area contributed by atoms with Crippen molar-refractivity contribution >= 4 is 17.5 Å². The second-order valence-corrected chi connectivity index (χ2v) is 6.47. The van der Waals surface area contributed by atoms with Gasteiger partial charge in [0.2, 0.25) is 0 Å². The molecule has 160 valence electrons. The lowest BCUT2D eigenvalue weighted by Crippen LogP contribution is -2.26. The standard InChI is InChI=1S/C23H23N3O5/c1-29-17-10-18(30-2)12-19(11-17)31-15-22(27)26-21-8-4-3-7-20(21)23(28)25-14-16-6-5-9-24-13-16/h3-13H,14-15H2,1-2H3,(H,25,28)(H,26,27). The first-order valence-corrected chi connectivity index (χ1v) is 9.51. The van der Waals surface area contributed by atoms with Crippen molar-refractivity contribution in [2.24, 2.45) is 0 Å². The highest BCUT2D eigenvalue weighted by Gasteiger charge is 2.14. The molecule has 8 nitrogen and oxygen atoms in total. The fourth-order valence-electron chi connectivity index (χ4n) is 2.77. The maximum Gasteiger partial charge on any atom is 0.262 e. The normalized spacial score (nSPS) is 10.1. The summed E-state index contributed by atoms with van der Waals surface area (Å²) in [5.41, 5.74) is 1.62. The van der Waals surface area contributed by atoms with Crippen molar-refractivity contribution < 1.29 is 23.8 Å². The van der Waals surface area contributed by atoms with Crippen LogP contribution in [0.25, 0.3) is 0 Å². The van der Waals surface area contributed by atoms with E-state index in [2.05, 4.69) is 15.6 Å². The largest absolute Gasteiger partial charge is 0.496 e. The maximum absolute atomic E-state index is 12.6. The van der Waals surface area contributed by atoms with E-state index < -0.39 is 5.91 Å². The fourth-order valence-corrected chi connectivity index (χ4v) is 2.77. The van der Waals surface area contributed by atoms with Crippen molar-refractivity contribution in [3.63, 3.8) is 0 Å². The molecule has 0 spiro atoms. The highest BCUT2D eigenvalue weighted by molar-refractivity contribution is 6.04. The zero-order valence-electron chi connectivity index (χ0n) is 17.3. The predicted octanol–water partition coefficient (Wildman–Crippen LogP) is 3.05. The number of nitrogens with one attached hydrogen (secondary N) is 2. The Hall–Kier alpha value is -4.07. The van der Waals surface area contributed by atoms with E-state index in [4.69, 9.17) is 14.2 Å². The van der Waals surface area contributed by atoms with Gasteiger partial charge in [0.15, 0.2) is 6.61 Å². The molecule has 0 bridgehead atoms. The number of rotatable bonds is 9. The highest BCUT2D eigenvalue weighted by atomic mass is 16.5. The van der Waals surface area contributed by atoms with Gasteiger partial charge in [0.1, 0.15) is 17.2 Å². The summed E-state index contributed by atoms with van der Waals surface area (Å²) >= 11 is 0. The first kappa shape index (κ1) is 21.6.